The molecule has 1 atom stereocenters. The molecular weight excluding hydrogens is 190 g/mol. The number of hydrogen-bond acceptors (Lipinski definition) is 3. The smallest absolute Gasteiger partial charge is 0.163 e. The van der Waals surface area contributed by atoms with Crippen LogP contribution >= 0.6 is 0 Å². The number of ether oxygens (including phenoxy) is 2. The number of rotatable bonds is 4. The predicted molar refractivity (Wildman–Crippen MR) is 61.4 cm³/mol. The van der Waals surface area contributed by atoms with Crippen molar-refractivity contribution in [3.8, 4) is 0 Å². The Kier molecular flexibility index (Phi) is 3.97. The molecule has 1 unspecified atom stereocenters. The largest absolute Gasteiger partial charge is 0.493 e. The first-order valence-electron chi connectivity index (χ1n) is 4.94. The van der Waals surface area contributed by atoms with Crippen molar-refractivity contribution in [2.75, 3.05) is 34.9 Å². The van der Waals surface area contributed by atoms with Crippen LogP contribution in [-0.4, -0.2) is 39.8 Å². The zero-order chi connectivity index (χ0) is 11.4. The Balaban J connectivity index is 2.85. The van der Waals surface area contributed by atoms with Gasteiger partial charge in [0.2, 0.25) is 0 Å². The summed E-state index contributed by atoms with van der Waals surface area (Å²) < 4.78 is 10.5. The van der Waals surface area contributed by atoms with E-state index < -0.39 is 0 Å². The molecule has 1 aliphatic rings. The maximum Gasteiger partial charge on any atom is 0.163 e. The third kappa shape index (κ3) is 2.63. The van der Waals surface area contributed by atoms with Crippen LogP contribution in [0.25, 0.3) is 0 Å². The summed E-state index contributed by atoms with van der Waals surface area (Å²) in [6.45, 7) is 4.99. The molecule has 1 aliphatic carbocycles. The van der Waals surface area contributed by atoms with E-state index >= 15 is 0 Å². The molecule has 0 bridgehead atoms. The van der Waals surface area contributed by atoms with Gasteiger partial charge in [-0.1, -0.05) is 12.7 Å². The predicted octanol–water partition coefficient (Wildman–Crippen LogP) is 1.79. The van der Waals surface area contributed by atoms with Crippen molar-refractivity contribution in [3.05, 3.63) is 35.8 Å². The maximum atomic E-state index is 5.30. The van der Waals surface area contributed by atoms with Gasteiger partial charge in [0.05, 0.1) is 14.2 Å². The summed E-state index contributed by atoms with van der Waals surface area (Å²) in [5, 5.41) is 0. The lowest BCUT2D eigenvalue weighted by molar-refractivity contribution is 0.228. The highest BCUT2D eigenvalue weighted by molar-refractivity contribution is 5.40. The van der Waals surface area contributed by atoms with Crippen LogP contribution in [0.5, 0.6) is 0 Å². The Morgan fingerprint density at radius 1 is 1.33 bits per heavy atom. The Bertz CT molecular complexity index is 303. The SMILES string of the molecule is C=C1C(OC)=C(OC)C=CC1CN(C)C. The van der Waals surface area contributed by atoms with E-state index in [4.69, 9.17) is 9.47 Å². The number of methoxy groups -OCH3 is 2. The molecule has 0 fully saturated rings. The monoisotopic (exact) mass is 209 g/mol. The summed E-state index contributed by atoms with van der Waals surface area (Å²) in [5.74, 6) is 1.80. The molecule has 3 heteroatoms. The minimum absolute atomic E-state index is 0.300. The van der Waals surface area contributed by atoms with E-state index in [1.807, 2.05) is 20.2 Å². The fourth-order valence-electron chi connectivity index (χ4n) is 1.68. The van der Waals surface area contributed by atoms with Crippen molar-refractivity contribution in [3.63, 3.8) is 0 Å². The summed E-state index contributed by atoms with van der Waals surface area (Å²) in [6, 6.07) is 0. The highest BCUT2D eigenvalue weighted by Crippen LogP contribution is 2.29. The highest BCUT2D eigenvalue weighted by atomic mass is 16.5. The first kappa shape index (κ1) is 11.9. The summed E-state index contributed by atoms with van der Waals surface area (Å²) in [4.78, 5) is 2.13. The molecule has 0 saturated carbocycles. The van der Waals surface area contributed by atoms with Gasteiger partial charge >= 0.3 is 0 Å². The van der Waals surface area contributed by atoms with Crippen LogP contribution in [0.3, 0.4) is 0 Å². The molecule has 1 rings (SSSR count). The Morgan fingerprint density at radius 3 is 2.47 bits per heavy atom. The van der Waals surface area contributed by atoms with E-state index in [1.54, 1.807) is 14.2 Å². The van der Waals surface area contributed by atoms with Crippen LogP contribution in [0.2, 0.25) is 0 Å². The third-order valence-corrected chi connectivity index (χ3v) is 2.43. The summed E-state index contributed by atoms with van der Waals surface area (Å²) in [5.41, 5.74) is 0.977. The van der Waals surface area contributed by atoms with E-state index in [1.165, 1.54) is 0 Å². The van der Waals surface area contributed by atoms with Crippen LogP contribution in [0.1, 0.15) is 0 Å². The number of hydrogen-bond donors (Lipinski definition) is 0. The topological polar surface area (TPSA) is 21.7 Å². The zero-order valence-electron chi connectivity index (χ0n) is 9.91. The second-order valence-electron chi connectivity index (χ2n) is 3.85. The van der Waals surface area contributed by atoms with Gasteiger partial charge in [-0.15, -0.1) is 0 Å². The van der Waals surface area contributed by atoms with Crippen molar-refractivity contribution < 1.29 is 9.47 Å². The first-order chi connectivity index (χ1) is 7.10. The highest BCUT2D eigenvalue weighted by Gasteiger charge is 2.22. The van der Waals surface area contributed by atoms with Crippen molar-refractivity contribution in [1.29, 1.82) is 0 Å². The average Bonchev–Trinajstić information content (AvgIpc) is 2.20. The Hall–Kier alpha value is -1.22. The van der Waals surface area contributed by atoms with Gasteiger partial charge in [-0.3, -0.25) is 0 Å². The molecule has 0 aromatic carbocycles. The lowest BCUT2D eigenvalue weighted by Gasteiger charge is -2.25. The second-order valence-corrected chi connectivity index (χ2v) is 3.85. The minimum Gasteiger partial charge on any atom is -0.493 e. The van der Waals surface area contributed by atoms with Crippen molar-refractivity contribution in [1.82, 2.24) is 4.90 Å². The lowest BCUT2D eigenvalue weighted by Crippen LogP contribution is -2.24. The molecule has 0 saturated heterocycles. The van der Waals surface area contributed by atoms with Gasteiger partial charge in [-0.2, -0.15) is 0 Å². The molecule has 84 valence electrons. The third-order valence-electron chi connectivity index (χ3n) is 2.43. The number of allylic oxidation sites excluding steroid dienone is 2. The van der Waals surface area contributed by atoms with Crippen molar-refractivity contribution in [2.45, 2.75) is 0 Å². The molecule has 0 aromatic rings. The second kappa shape index (κ2) is 5.03. The quantitative estimate of drug-likeness (QED) is 0.704. The Morgan fingerprint density at radius 2 is 2.00 bits per heavy atom. The molecule has 0 amide bonds. The lowest BCUT2D eigenvalue weighted by atomic mass is 9.93. The van der Waals surface area contributed by atoms with Crippen molar-refractivity contribution >= 4 is 0 Å². The maximum absolute atomic E-state index is 5.30. The minimum atomic E-state index is 0.300. The number of nitrogens with zero attached hydrogens (tertiary/aromatic N) is 1. The van der Waals surface area contributed by atoms with Gasteiger partial charge in [0.15, 0.2) is 11.5 Å². The van der Waals surface area contributed by atoms with Gasteiger partial charge in [-0.05, 0) is 25.7 Å². The van der Waals surface area contributed by atoms with E-state index in [-0.39, 0.29) is 0 Å². The fraction of sp³-hybridized carbons (Fsp3) is 0.500. The van der Waals surface area contributed by atoms with Crippen LogP contribution in [0, 0.1) is 5.92 Å². The van der Waals surface area contributed by atoms with Crippen LogP contribution in [-0.2, 0) is 9.47 Å². The molecular formula is C12H19NO2. The normalized spacial score (nSPS) is 21.1. The van der Waals surface area contributed by atoms with Crippen LogP contribution in [0.15, 0.2) is 35.8 Å². The fourth-order valence-corrected chi connectivity index (χ4v) is 1.68. The molecule has 0 N–H and O–H groups in total. The molecule has 3 nitrogen and oxygen atoms in total. The van der Waals surface area contributed by atoms with E-state index in [0.29, 0.717) is 5.92 Å². The molecule has 15 heavy (non-hydrogen) atoms. The molecule has 0 heterocycles. The summed E-state index contributed by atoms with van der Waals surface area (Å²) in [7, 11) is 7.37. The van der Waals surface area contributed by atoms with Crippen LogP contribution < -0.4 is 0 Å². The summed E-state index contributed by atoms with van der Waals surface area (Å²) >= 11 is 0. The van der Waals surface area contributed by atoms with Gasteiger partial charge < -0.3 is 14.4 Å². The van der Waals surface area contributed by atoms with Gasteiger partial charge in [0.25, 0.3) is 0 Å². The van der Waals surface area contributed by atoms with E-state index in [0.717, 1.165) is 23.6 Å². The Labute approximate surface area is 91.7 Å². The zero-order valence-corrected chi connectivity index (χ0v) is 9.91. The van der Waals surface area contributed by atoms with Gasteiger partial charge in [0.1, 0.15) is 0 Å². The van der Waals surface area contributed by atoms with Crippen molar-refractivity contribution in [2.24, 2.45) is 5.92 Å². The van der Waals surface area contributed by atoms with Gasteiger partial charge in [0, 0.05) is 12.5 Å². The summed E-state index contributed by atoms with van der Waals surface area (Å²) in [6.07, 6.45) is 4.05. The first-order valence-corrected chi connectivity index (χ1v) is 4.94. The molecule has 0 radical (unpaired) electrons. The standard InChI is InChI=1S/C12H19NO2/c1-9-10(8-13(2)3)6-7-11(14-4)12(9)15-5/h6-7,10H,1,8H2,2-5H3. The average molecular weight is 209 g/mol. The van der Waals surface area contributed by atoms with E-state index in [9.17, 15) is 0 Å². The van der Waals surface area contributed by atoms with Crippen LogP contribution in [0.4, 0.5) is 0 Å². The molecule has 0 aliphatic heterocycles. The molecule has 0 spiro atoms. The molecule has 0 aromatic heterocycles. The van der Waals surface area contributed by atoms with E-state index in [2.05, 4.69) is 17.6 Å². The van der Waals surface area contributed by atoms with Gasteiger partial charge in [-0.25, -0.2) is 0 Å².